The molecule has 5 heteroatoms. The second-order valence-corrected chi connectivity index (χ2v) is 11.1. The van der Waals surface area contributed by atoms with Gasteiger partial charge >= 0.3 is 0 Å². The predicted molar refractivity (Wildman–Crippen MR) is 145 cm³/mol. The fraction of sp³-hybridized carbons (Fsp3) is 0.367. The number of thiazole rings is 1. The van der Waals surface area contributed by atoms with E-state index in [9.17, 15) is 0 Å². The molecular formula is C30H33N3OS. The van der Waals surface area contributed by atoms with Gasteiger partial charge in [-0.3, -0.25) is 4.90 Å². The monoisotopic (exact) mass is 483 g/mol. The number of allylic oxidation sites excluding steroid dienone is 3. The Labute approximate surface area is 212 Å². The molecule has 4 nitrogen and oxygen atoms in total. The normalized spacial score (nSPS) is 22.0. The van der Waals surface area contributed by atoms with Gasteiger partial charge in [-0.05, 0) is 42.7 Å². The first-order chi connectivity index (χ1) is 17.2. The van der Waals surface area contributed by atoms with Crippen molar-refractivity contribution in [2.75, 3.05) is 32.8 Å². The lowest BCUT2D eigenvalue weighted by molar-refractivity contribution is 0.0335. The van der Waals surface area contributed by atoms with Gasteiger partial charge < -0.3 is 10.5 Å². The van der Waals surface area contributed by atoms with Gasteiger partial charge in [-0.25, -0.2) is 4.98 Å². The third kappa shape index (κ3) is 4.78. The fourth-order valence-electron chi connectivity index (χ4n) is 5.30. The van der Waals surface area contributed by atoms with E-state index in [0.717, 1.165) is 68.4 Å². The molecule has 35 heavy (non-hydrogen) atoms. The van der Waals surface area contributed by atoms with E-state index in [2.05, 4.69) is 77.7 Å². The van der Waals surface area contributed by atoms with Gasteiger partial charge in [0.2, 0.25) is 0 Å². The summed E-state index contributed by atoms with van der Waals surface area (Å²) in [4.78, 5) is 8.93. The van der Waals surface area contributed by atoms with Gasteiger partial charge in [0.1, 0.15) is 5.01 Å². The maximum Gasteiger partial charge on any atom is 0.124 e. The minimum absolute atomic E-state index is 0.135. The average molecular weight is 484 g/mol. The minimum Gasteiger partial charge on any atom is -0.379 e. The Kier molecular flexibility index (Phi) is 6.42. The molecule has 2 fully saturated rings. The lowest BCUT2D eigenvalue weighted by atomic mass is 9.72. The number of hydrogen-bond acceptors (Lipinski definition) is 5. The third-order valence-corrected chi connectivity index (χ3v) is 8.83. The molecule has 3 aliphatic rings. The minimum atomic E-state index is -0.135. The summed E-state index contributed by atoms with van der Waals surface area (Å²) in [5.74, 6) is 0.563. The lowest BCUT2D eigenvalue weighted by Gasteiger charge is -2.38. The summed E-state index contributed by atoms with van der Waals surface area (Å²) in [6, 6.07) is 19.5. The van der Waals surface area contributed by atoms with Crippen molar-refractivity contribution in [2.45, 2.75) is 31.2 Å². The number of hydrogen-bond donors (Lipinski definition) is 1. The van der Waals surface area contributed by atoms with E-state index in [1.807, 2.05) is 0 Å². The molecule has 1 saturated carbocycles. The molecule has 1 aromatic heterocycles. The van der Waals surface area contributed by atoms with Crippen LogP contribution in [0, 0.1) is 5.92 Å². The average Bonchev–Trinajstić information content (AvgIpc) is 3.35. The Morgan fingerprint density at radius 3 is 2.43 bits per heavy atom. The van der Waals surface area contributed by atoms with Crippen molar-refractivity contribution in [3.8, 4) is 21.7 Å². The van der Waals surface area contributed by atoms with Gasteiger partial charge in [-0.1, -0.05) is 72.8 Å². The van der Waals surface area contributed by atoms with Gasteiger partial charge in [0.15, 0.2) is 0 Å². The van der Waals surface area contributed by atoms with Crippen LogP contribution in [0.5, 0.6) is 0 Å². The predicted octanol–water partition coefficient (Wildman–Crippen LogP) is 6.11. The van der Waals surface area contributed by atoms with Gasteiger partial charge in [0, 0.05) is 36.3 Å². The Hall–Kier alpha value is -2.57. The van der Waals surface area contributed by atoms with Crippen LogP contribution in [-0.2, 0) is 10.3 Å². The van der Waals surface area contributed by atoms with Crippen molar-refractivity contribution in [1.29, 1.82) is 0 Å². The molecule has 0 radical (unpaired) electrons. The summed E-state index contributed by atoms with van der Waals surface area (Å²) in [5.41, 5.74) is 12.4. The van der Waals surface area contributed by atoms with E-state index < -0.39 is 0 Å². The Balaban J connectivity index is 1.27. The molecular weight excluding hydrogens is 450 g/mol. The topological polar surface area (TPSA) is 51.4 Å². The summed E-state index contributed by atoms with van der Waals surface area (Å²) in [5, 5.41) is 1.10. The molecule has 1 unspecified atom stereocenters. The molecule has 2 heterocycles. The summed E-state index contributed by atoms with van der Waals surface area (Å²) in [6.07, 6.45) is 11.5. The van der Waals surface area contributed by atoms with Crippen LogP contribution in [0.1, 0.15) is 36.3 Å². The van der Waals surface area contributed by atoms with Crippen LogP contribution in [0.2, 0.25) is 0 Å². The van der Waals surface area contributed by atoms with Gasteiger partial charge in [0.25, 0.3) is 0 Å². The summed E-state index contributed by atoms with van der Waals surface area (Å²) < 4.78 is 5.50. The molecule has 180 valence electrons. The molecule has 0 amide bonds. The zero-order valence-corrected chi connectivity index (χ0v) is 21.0. The van der Waals surface area contributed by atoms with Crippen LogP contribution in [0.3, 0.4) is 0 Å². The number of morpholine rings is 1. The van der Waals surface area contributed by atoms with Crippen molar-refractivity contribution < 1.29 is 4.74 Å². The largest absolute Gasteiger partial charge is 0.379 e. The highest BCUT2D eigenvalue weighted by Gasteiger charge is 2.34. The maximum absolute atomic E-state index is 6.57. The van der Waals surface area contributed by atoms with Crippen molar-refractivity contribution >= 4 is 16.9 Å². The van der Waals surface area contributed by atoms with Gasteiger partial charge in [-0.2, -0.15) is 0 Å². The van der Waals surface area contributed by atoms with Crippen LogP contribution in [0.15, 0.2) is 72.8 Å². The van der Waals surface area contributed by atoms with E-state index >= 15 is 0 Å². The van der Waals surface area contributed by atoms with Crippen molar-refractivity contribution in [3.05, 3.63) is 83.4 Å². The molecule has 0 spiro atoms. The van der Waals surface area contributed by atoms with E-state index in [4.69, 9.17) is 15.5 Å². The van der Waals surface area contributed by atoms with Crippen LogP contribution in [0.4, 0.5) is 0 Å². The standard InChI is InChI=1S/C30H33N3OS/c31-30(15-4-16-30)26-13-11-23(12-14-26)27-28(24-5-2-1-3-6-24)35-29(32-27)25-9-7-22(8-10-25)21-33-17-19-34-20-18-33/h1-3,5-7,9-14,22H,4,8,15-21,31H2. The molecule has 1 saturated heterocycles. The summed E-state index contributed by atoms with van der Waals surface area (Å²) in [7, 11) is 0. The van der Waals surface area contributed by atoms with E-state index in [1.165, 1.54) is 28.0 Å². The van der Waals surface area contributed by atoms with Gasteiger partial charge in [0.05, 0.1) is 23.8 Å². The Morgan fingerprint density at radius 2 is 1.77 bits per heavy atom. The second kappa shape index (κ2) is 9.82. The number of nitrogens with two attached hydrogens (primary N) is 1. The first-order valence-electron chi connectivity index (χ1n) is 12.8. The van der Waals surface area contributed by atoms with Crippen molar-refractivity contribution in [2.24, 2.45) is 11.7 Å². The highest BCUT2D eigenvalue weighted by molar-refractivity contribution is 7.16. The van der Waals surface area contributed by atoms with E-state index in [0.29, 0.717) is 5.92 Å². The zero-order valence-electron chi connectivity index (χ0n) is 20.2. The van der Waals surface area contributed by atoms with Gasteiger partial charge in [-0.15, -0.1) is 11.3 Å². The van der Waals surface area contributed by atoms with E-state index in [1.54, 1.807) is 11.3 Å². The molecule has 2 aromatic carbocycles. The molecule has 1 atom stereocenters. The zero-order chi connectivity index (χ0) is 23.7. The van der Waals surface area contributed by atoms with Crippen LogP contribution in [0.25, 0.3) is 27.3 Å². The number of rotatable bonds is 6. The number of nitrogens with zero attached hydrogens (tertiary/aromatic N) is 2. The molecule has 3 aromatic rings. The highest BCUT2D eigenvalue weighted by atomic mass is 32.1. The maximum atomic E-state index is 6.57. The van der Waals surface area contributed by atoms with Crippen molar-refractivity contribution in [3.63, 3.8) is 0 Å². The SMILES string of the molecule is NC1(c2ccc(-c3nc(C4=CCC(CN5CCOCC5)C=C4)sc3-c3ccccc3)cc2)CCC1. The molecule has 1 aliphatic heterocycles. The summed E-state index contributed by atoms with van der Waals surface area (Å²) >= 11 is 1.79. The first-order valence-corrected chi connectivity index (χ1v) is 13.6. The molecule has 6 rings (SSSR count). The molecule has 2 N–H and O–H groups in total. The first kappa shape index (κ1) is 22.9. The summed E-state index contributed by atoms with van der Waals surface area (Å²) in [6.45, 7) is 4.91. The third-order valence-electron chi connectivity index (χ3n) is 7.67. The number of benzene rings is 2. The lowest BCUT2D eigenvalue weighted by Crippen LogP contribution is -2.43. The molecule has 0 bridgehead atoms. The van der Waals surface area contributed by atoms with Crippen LogP contribution < -0.4 is 5.73 Å². The van der Waals surface area contributed by atoms with Crippen LogP contribution >= 0.6 is 11.3 Å². The molecule has 2 aliphatic carbocycles. The fourth-order valence-corrected chi connectivity index (χ4v) is 6.42. The van der Waals surface area contributed by atoms with Crippen LogP contribution in [-0.4, -0.2) is 42.7 Å². The smallest absolute Gasteiger partial charge is 0.124 e. The Bertz CT molecular complexity index is 1220. The number of aromatic nitrogens is 1. The quantitative estimate of drug-likeness (QED) is 0.460. The highest BCUT2D eigenvalue weighted by Crippen LogP contribution is 2.42. The Morgan fingerprint density at radius 1 is 1.00 bits per heavy atom. The van der Waals surface area contributed by atoms with Crippen molar-refractivity contribution in [1.82, 2.24) is 9.88 Å². The number of ether oxygens (including phenoxy) is 1. The van der Waals surface area contributed by atoms with E-state index in [-0.39, 0.29) is 5.54 Å². The second-order valence-electron chi connectivity index (χ2n) is 10.1.